The van der Waals surface area contributed by atoms with Gasteiger partial charge >= 0.3 is 0 Å². The average molecular weight is 344 g/mol. The molecule has 2 aromatic rings. The highest BCUT2D eigenvalue weighted by atomic mass is 16.1. The first-order valence-corrected chi connectivity index (χ1v) is 8.57. The lowest BCUT2D eigenvalue weighted by Gasteiger charge is -2.17. The lowest BCUT2D eigenvalue weighted by Crippen LogP contribution is -2.37. The number of nitrogens with zero attached hydrogens (tertiary/aromatic N) is 4. The number of aromatic amines is 1. The van der Waals surface area contributed by atoms with Crippen LogP contribution in [0, 0.1) is 12.8 Å². The van der Waals surface area contributed by atoms with E-state index in [1.165, 1.54) is 12.4 Å². The fourth-order valence-corrected chi connectivity index (χ4v) is 3.08. The van der Waals surface area contributed by atoms with Crippen molar-refractivity contribution in [1.29, 1.82) is 0 Å². The summed E-state index contributed by atoms with van der Waals surface area (Å²) >= 11 is 0. The first-order valence-electron chi connectivity index (χ1n) is 8.57. The van der Waals surface area contributed by atoms with E-state index >= 15 is 0 Å². The second-order valence-electron chi connectivity index (χ2n) is 6.89. The number of hydrogen-bond acceptors (Lipinski definition) is 5. The number of carbonyl (C=O) groups excluding carboxylic acids is 1. The van der Waals surface area contributed by atoms with Gasteiger partial charge in [-0.1, -0.05) is 13.8 Å². The van der Waals surface area contributed by atoms with Crippen LogP contribution in [0.25, 0.3) is 0 Å². The maximum Gasteiger partial charge on any atom is 0.255 e. The molecule has 0 aliphatic carbocycles. The van der Waals surface area contributed by atoms with E-state index < -0.39 is 0 Å². The topological polar surface area (TPSA) is 95.9 Å². The van der Waals surface area contributed by atoms with Crippen LogP contribution in [0.2, 0.25) is 0 Å². The number of carbonyl (C=O) groups is 1. The maximum absolute atomic E-state index is 12.6. The molecular formula is C17H24N6O2. The van der Waals surface area contributed by atoms with Gasteiger partial charge < -0.3 is 15.2 Å². The quantitative estimate of drug-likeness (QED) is 0.841. The van der Waals surface area contributed by atoms with E-state index in [1.807, 2.05) is 16.5 Å². The van der Waals surface area contributed by atoms with Crippen LogP contribution in [0.3, 0.4) is 0 Å². The minimum absolute atomic E-state index is 0.0291. The number of hydrogen-bond donors (Lipinski definition) is 2. The zero-order valence-corrected chi connectivity index (χ0v) is 14.8. The van der Waals surface area contributed by atoms with Gasteiger partial charge in [0.25, 0.3) is 11.5 Å². The summed E-state index contributed by atoms with van der Waals surface area (Å²) in [6, 6.07) is 1.51. The molecule has 1 aliphatic rings. The highest BCUT2D eigenvalue weighted by Crippen LogP contribution is 2.17. The van der Waals surface area contributed by atoms with Gasteiger partial charge in [0.15, 0.2) is 0 Å². The molecule has 1 unspecified atom stereocenters. The molecule has 8 nitrogen and oxygen atoms in total. The molecule has 1 atom stereocenters. The normalized spacial score (nSPS) is 17.3. The van der Waals surface area contributed by atoms with E-state index in [9.17, 15) is 9.59 Å². The zero-order chi connectivity index (χ0) is 18.0. The summed E-state index contributed by atoms with van der Waals surface area (Å²) in [5, 5.41) is 7.39. The van der Waals surface area contributed by atoms with Gasteiger partial charge in [-0.15, -0.1) is 0 Å². The Labute approximate surface area is 146 Å². The smallest absolute Gasteiger partial charge is 0.255 e. The lowest BCUT2D eigenvalue weighted by molar-refractivity contribution is 0.0939. The molecule has 1 fully saturated rings. The molecule has 0 radical (unpaired) electrons. The first kappa shape index (κ1) is 17.2. The van der Waals surface area contributed by atoms with E-state index in [0.29, 0.717) is 23.8 Å². The lowest BCUT2D eigenvalue weighted by atomic mass is 10.2. The molecule has 1 aliphatic heterocycles. The van der Waals surface area contributed by atoms with Gasteiger partial charge in [0.1, 0.15) is 5.82 Å². The summed E-state index contributed by atoms with van der Waals surface area (Å²) in [5.41, 5.74) is 1.33. The summed E-state index contributed by atoms with van der Waals surface area (Å²) < 4.78 is 1.88. The van der Waals surface area contributed by atoms with Crippen LogP contribution in [0.15, 0.2) is 23.4 Å². The highest BCUT2D eigenvalue weighted by molar-refractivity contribution is 5.95. The Balaban J connectivity index is 1.63. The van der Waals surface area contributed by atoms with Crippen molar-refractivity contribution in [2.24, 2.45) is 5.92 Å². The molecule has 3 heterocycles. The van der Waals surface area contributed by atoms with Crippen molar-refractivity contribution in [3.8, 4) is 0 Å². The van der Waals surface area contributed by atoms with E-state index in [4.69, 9.17) is 0 Å². The van der Waals surface area contributed by atoms with Crippen LogP contribution < -0.4 is 15.8 Å². The van der Waals surface area contributed by atoms with Crippen molar-refractivity contribution in [1.82, 2.24) is 25.1 Å². The van der Waals surface area contributed by atoms with Gasteiger partial charge in [-0.3, -0.25) is 14.3 Å². The van der Waals surface area contributed by atoms with Gasteiger partial charge in [0.05, 0.1) is 18.1 Å². The van der Waals surface area contributed by atoms with Crippen molar-refractivity contribution in [3.63, 3.8) is 0 Å². The monoisotopic (exact) mass is 344 g/mol. The van der Waals surface area contributed by atoms with Gasteiger partial charge in [-0.25, -0.2) is 4.98 Å². The molecule has 134 valence electrons. The van der Waals surface area contributed by atoms with Crippen molar-refractivity contribution < 1.29 is 4.79 Å². The number of H-pyrrole nitrogens is 1. The summed E-state index contributed by atoms with van der Waals surface area (Å²) in [6.45, 7) is 8.36. The number of nitrogens with one attached hydrogen (secondary N) is 2. The molecule has 1 amide bonds. The molecule has 0 bridgehead atoms. The zero-order valence-electron chi connectivity index (χ0n) is 14.8. The standard InChI is InChI=1S/C17H24N6O2/c1-11(2)8-23-12(3)14(7-20-23)17(25)21-13-4-5-22(9-13)15-6-16(24)19-10-18-15/h6-7,10-11,13H,4-5,8-9H2,1-3H3,(H,21,25)(H,18,19,24). The first-order chi connectivity index (χ1) is 11.9. The van der Waals surface area contributed by atoms with Crippen LogP contribution in [0.1, 0.15) is 36.3 Å². The third-order valence-electron chi connectivity index (χ3n) is 4.40. The molecule has 0 saturated carbocycles. The second-order valence-corrected chi connectivity index (χ2v) is 6.89. The van der Waals surface area contributed by atoms with Gasteiger partial charge in [-0.2, -0.15) is 5.10 Å². The van der Waals surface area contributed by atoms with Crippen LogP contribution >= 0.6 is 0 Å². The second kappa shape index (κ2) is 7.08. The van der Waals surface area contributed by atoms with E-state index in [0.717, 1.165) is 25.2 Å². The van der Waals surface area contributed by atoms with Gasteiger partial charge in [-0.05, 0) is 19.3 Å². The Bertz CT molecular complexity index is 809. The predicted octanol–water partition coefficient (Wildman–Crippen LogP) is 0.940. The predicted molar refractivity (Wildman–Crippen MR) is 94.7 cm³/mol. The minimum Gasteiger partial charge on any atom is -0.354 e. The van der Waals surface area contributed by atoms with Gasteiger partial charge in [0, 0.05) is 37.4 Å². The fraction of sp³-hybridized carbons (Fsp3) is 0.529. The Hall–Kier alpha value is -2.64. The van der Waals surface area contributed by atoms with Crippen LogP contribution in [0.4, 0.5) is 5.82 Å². The van der Waals surface area contributed by atoms with Crippen molar-refractivity contribution >= 4 is 11.7 Å². The summed E-state index contributed by atoms with van der Waals surface area (Å²) in [6.07, 6.45) is 3.85. The molecule has 3 rings (SSSR count). The highest BCUT2D eigenvalue weighted by Gasteiger charge is 2.26. The Morgan fingerprint density at radius 1 is 1.48 bits per heavy atom. The van der Waals surface area contributed by atoms with Crippen molar-refractivity contribution in [2.45, 2.75) is 39.8 Å². The van der Waals surface area contributed by atoms with E-state index in [-0.39, 0.29) is 17.5 Å². The minimum atomic E-state index is -0.175. The maximum atomic E-state index is 12.6. The Morgan fingerprint density at radius 3 is 3.00 bits per heavy atom. The van der Waals surface area contributed by atoms with Crippen molar-refractivity contribution in [2.75, 3.05) is 18.0 Å². The third kappa shape index (κ3) is 3.89. The SMILES string of the molecule is Cc1c(C(=O)NC2CCN(c3cc(=O)[nH]cn3)C2)cnn1CC(C)C. The fourth-order valence-electron chi connectivity index (χ4n) is 3.08. The third-order valence-corrected chi connectivity index (χ3v) is 4.40. The average Bonchev–Trinajstić information content (AvgIpc) is 3.15. The number of rotatable bonds is 5. The summed E-state index contributed by atoms with van der Waals surface area (Å²) in [7, 11) is 0. The van der Waals surface area contributed by atoms with Crippen LogP contribution in [-0.4, -0.2) is 44.8 Å². The van der Waals surface area contributed by atoms with Crippen LogP contribution in [-0.2, 0) is 6.54 Å². The number of anilines is 1. The largest absolute Gasteiger partial charge is 0.354 e. The molecule has 2 aromatic heterocycles. The molecular weight excluding hydrogens is 320 g/mol. The Kier molecular flexibility index (Phi) is 4.87. The Morgan fingerprint density at radius 2 is 2.28 bits per heavy atom. The molecule has 1 saturated heterocycles. The number of aromatic nitrogens is 4. The molecule has 8 heteroatoms. The number of amides is 1. The van der Waals surface area contributed by atoms with Gasteiger partial charge in [0.2, 0.25) is 0 Å². The van der Waals surface area contributed by atoms with Crippen LogP contribution in [0.5, 0.6) is 0 Å². The summed E-state index contributed by atoms with van der Waals surface area (Å²) in [4.78, 5) is 32.7. The molecule has 0 aromatic carbocycles. The molecule has 2 N–H and O–H groups in total. The van der Waals surface area contributed by atoms with E-state index in [2.05, 4.69) is 34.2 Å². The molecule has 0 spiro atoms. The summed E-state index contributed by atoms with van der Waals surface area (Å²) in [5.74, 6) is 1.01. The molecule has 25 heavy (non-hydrogen) atoms. The van der Waals surface area contributed by atoms with E-state index in [1.54, 1.807) is 6.20 Å². The van der Waals surface area contributed by atoms with Crippen molar-refractivity contribution in [3.05, 3.63) is 40.2 Å².